The fraction of sp³-hybridized carbons (Fsp3) is 0.353. The molecule has 0 atom stereocenters. The third-order valence-electron chi connectivity index (χ3n) is 3.66. The number of fused-ring (bicyclic) bond motifs is 1. The zero-order chi connectivity index (χ0) is 16.2. The first-order chi connectivity index (χ1) is 11.1. The number of thiazole rings is 1. The molecule has 1 aromatic carbocycles. The molecule has 2 heterocycles. The van der Waals surface area contributed by atoms with E-state index in [2.05, 4.69) is 34.5 Å². The van der Waals surface area contributed by atoms with E-state index in [1.165, 1.54) is 0 Å². The van der Waals surface area contributed by atoms with Crippen LogP contribution in [0.5, 0.6) is 0 Å². The lowest BCUT2D eigenvalue weighted by atomic mass is 10.2. The van der Waals surface area contributed by atoms with E-state index < -0.39 is 0 Å². The Balaban J connectivity index is 1.51. The Morgan fingerprint density at radius 2 is 2.17 bits per heavy atom. The van der Waals surface area contributed by atoms with E-state index in [1.807, 2.05) is 28.8 Å². The topological polar surface area (TPSA) is 59.8 Å². The molecule has 0 spiro atoms. The predicted molar refractivity (Wildman–Crippen MR) is 92.6 cm³/mol. The number of aromatic nitrogens is 3. The van der Waals surface area contributed by atoms with Gasteiger partial charge in [0.05, 0.1) is 28.1 Å². The monoisotopic (exact) mass is 328 g/mol. The lowest BCUT2D eigenvalue weighted by Crippen LogP contribution is -2.29. The quantitative estimate of drug-likeness (QED) is 0.757. The number of imidazole rings is 1. The summed E-state index contributed by atoms with van der Waals surface area (Å²) in [6, 6.07) is 7.81. The predicted octanol–water partition coefficient (Wildman–Crippen LogP) is 2.98. The summed E-state index contributed by atoms with van der Waals surface area (Å²) in [7, 11) is 0. The molecule has 0 aliphatic rings. The van der Waals surface area contributed by atoms with Crippen LogP contribution in [0.2, 0.25) is 0 Å². The Hall–Kier alpha value is -2.21. The molecule has 1 amide bonds. The van der Waals surface area contributed by atoms with E-state index in [-0.39, 0.29) is 12.5 Å². The van der Waals surface area contributed by atoms with Crippen molar-refractivity contribution in [2.45, 2.75) is 32.7 Å². The fourth-order valence-electron chi connectivity index (χ4n) is 2.36. The highest BCUT2D eigenvalue weighted by Gasteiger charge is 2.08. The molecule has 0 saturated heterocycles. The maximum atomic E-state index is 12.1. The minimum Gasteiger partial charge on any atom is -0.354 e. The van der Waals surface area contributed by atoms with Crippen molar-refractivity contribution in [3.05, 3.63) is 46.7 Å². The summed E-state index contributed by atoms with van der Waals surface area (Å²) in [5, 5.41) is 6.12. The second kappa shape index (κ2) is 6.91. The molecule has 0 saturated carbocycles. The Labute approximate surface area is 139 Å². The molecule has 0 aliphatic heterocycles. The maximum absolute atomic E-state index is 12.1. The highest BCUT2D eigenvalue weighted by Crippen LogP contribution is 2.17. The Morgan fingerprint density at radius 3 is 2.96 bits per heavy atom. The van der Waals surface area contributed by atoms with Crippen LogP contribution in [0.3, 0.4) is 0 Å². The summed E-state index contributed by atoms with van der Waals surface area (Å²) in [6.07, 6.45) is 2.48. The van der Waals surface area contributed by atoms with Crippen molar-refractivity contribution < 1.29 is 4.79 Å². The number of amides is 1. The Morgan fingerprint density at radius 1 is 1.35 bits per heavy atom. The molecule has 0 aliphatic carbocycles. The van der Waals surface area contributed by atoms with Crippen molar-refractivity contribution in [2.24, 2.45) is 0 Å². The van der Waals surface area contributed by atoms with Crippen molar-refractivity contribution in [2.75, 3.05) is 6.54 Å². The minimum atomic E-state index is -0.00575. The van der Waals surface area contributed by atoms with Crippen LogP contribution in [-0.2, 0) is 17.8 Å². The van der Waals surface area contributed by atoms with Gasteiger partial charge in [0.25, 0.3) is 0 Å². The normalized spacial score (nSPS) is 11.3. The molecule has 3 aromatic rings. The molecule has 2 aromatic heterocycles. The van der Waals surface area contributed by atoms with Gasteiger partial charge in [-0.3, -0.25) is 4.79 Å². The molecule has 1 N–H and O–H groups in total. The van der Waals surface area contributed by atoms with Crippen molar-refractivity contribution >= 4 is 28.3 Å². The minimum absolute atomic E-state index is 0.00575. The third-order valence-corrected chi connectivity index (χ3v) is 4.59. The highest BCUT2D eigenvalue weighted by atomic mass is 32.1. The van der Waals surface area contributed by atoms with E-state index in [4.69, 9.17) is 0 Å². The highest BCUT2D eigenvalue weighted by molar-refractivity contribution is 7.09. The van der Waals surface area contributed by atoms with Gasteiger partial charge in [-0.05, 0) is 18.1 Å². The van der Waals surface area contributed by atoms with E-state index in [1.54, 1.807) is 17.7 Å². The van der Waals surface area contributed by atoms with Crippen LogP contribution in [0.1, 0.15) is 30.5 Å². The average Bonchev–Trinajstić information content (AvgIpc) is 3.15. The Bertz CT molecular complexity index is 806. The zero-order valence-electron chi connectivity index (χ0n) is 13.3. The average molecular weight is 328 g/mol. The summed E-state index contributed by atoms with van der Waals surface area (Å²) in [5.41, 5.74) is 3.01. The molecule has 0 unspecified atom stereocenters. The second-order valence-corrected chi connectivity index (χ2v) is 6.72. The second-order valence-electron chi connectivity index (χ2n) is 5.78. The van der Waals surface area contributed by atoms with Crippen LogP contribution in [0.15, 0.2) is 36.0 Å². The van der Waals surface area contributed by atoms with Crippen LogP contribution in [-0.4, -0.2) is 27.0 Å². The SMILES string of the molecule is CC(C)c1csc(CCNC(=O)Cn2cnc3ccccc32)n1. The summed E-state index contributed by atoms with van der Waals surface area (Å²) < 4.78 is 1.87. The van der Waals surface area contributed by atoms with E-state index >= 15 is 0 Å². The Kier molecular flexibility index (Phi) is 4.71. The third kappa shape index (κ3) is 3.76. The summed E-state index contributed by atoms with van der Waals surface area (Å²) in [6.45, 7) is 5.16. The number of benzene rings is 1. The van der Waals surface area contributed by atoms with E-state index in [0.717, 1.165) is 28.2 Å². The zero-order valence-corrected chi connectivity index (χ0v) is 14.1. The number of hydrogen-bond acceptors (Lipinski definition) is 4. The van der Waals surface area contributed by atoms with Gasteiger partial charge in [-0.25, -0.2) is 9.97 Å². The number of carbonyl (C=O) groups is 1. The van der Waals surface area contributed by atoms with Gasteiger partial charge in [0.2, 0.25) is 5.91 Å². The first-order valence-corrected chi connectivity index (χ1v) is 8.62. The largest absolute Gasteiger partial charge is 0.354 e. The lowest BCUT2D eigenvalue weighted by Gasteiger charge is -2.06. The number of hydrogen-bond donors (Lipinski definition) is 1. The smallest absolute Gasteiger partial charge is 0.240 e. The number of para-hydroxylation sites is 2. The van der Waals surface area contributed by atoms with Gasteiger partial charge in [-0.15, -0.1) is 11.3 Å². The van der Waals surface area contributed by atoms with Crippen LogP contribution in [0, 0.1) is 0 Å². The fourth-order valence-corrected chi connectivity index (χ4v) is 3.32. The van der Waals surface area contributed by atoms with Crippen molar-refractivity contribution in [3.63, 3.8) is 0 Å². The van der Waals surface area contributed by atoms with Gasteiger partial charge in [-0.2, -0.15) is 0 Å². The maximum Gasteiger partial charge on any atom is 0.240 e. The molecule has 120 valence electrons. The number of rotatable bonds is 6. The molecule has 6 heteroatoms. The molecule has 3 rings (SSSR count). The van der Waals surface area contributed by atoms with Crippen molar-refractivity contribution in [1.29, 1.82) is 0 Å². The van der Waals surface area contributed by atoms with Crippen LogP contribution in [0.25, 0.3) is 11.0 Å². The van der Waals surface area contributed by atoms with Gasteiger partial charge in [-0.1, -0.05) is 26.0 Å². The van der Waals surface area contributed by atoms with E-state index in [0.29, 0.717) is 12.5 Å². The molecular weight excluding hydrogens is 308 g/mol. The number of carbonyl (C=O) groups excluding carboxylic acids is 1. The molecule has 0 bridgehead atoms. The summed E-state index contributed by atoms with van der Waals surface area (Å²) >= 11 is 1.66. The van der Waals surface area contributed by atoms with E-state index in [9.17, 15) is 4.79 Å². The van der Waals surface area contributed by atoms with Crippen LogP contribution >= 0.6 is 11.3 Å². The standard InChI is InChI=1S/C17H20N4OS/c1-12(2)14-10-23-17(20-14)7-8-18-16(22)9-21-11-19-13-5-3-4-6-15(13)21/h3-6,10-12H,7-9H2,1-2H3,(H,18,22). The van der Waals surface area contributed by atoms with Crippen molar-refractivity contribution in [1.82, 2.24) is 19.9 Å². The van der Waals surface area contributed by atoms with Gasteiger partial charge < -0.3 is 9.88 Å². The lowest BCUT2D eigenvalue weighted by molar-refractivity contribution is -0.121. The van der Waals surface area contributed by atoms with Crippen LogP contribution in [0.4, 0.5) is 0 Å². The summed E-state index contributed by atoms with van der Waals surface area (Å²) in [5.74, 6) is 0.443. The van der Waals surface area contributed by atoms with Gasteiger partial charge in [0.1, 0.15) is 6.54 Å². The van der Waals surface area contributed by atoms with Crippen molar-refractivity contribution in [3.8, 4) is 0 Å². The molecular formula is C17H20N4OS. The molecule has 23 heavy (non-hydrogen) atoms. The molecule has 0 fully saturated rings. The molecule has 5 nitrogen and oxygen atoms in total. The van der Waals surface area contributed by atoms with Crippen LogP contribution < -0.4 is 5.32 Å². The number of nitrogens with zero attached hydrogens (tertiary/aromatic N) is 3. The van der Waals surface area contributed by atoms with Gasteiger partial charge in [0.15, 0.2) is 0 Å². The number of nitrogens with one attached hydrogen (secondary N) is 1. The molecule has 0 radical (unpaired) electrons. The first kappa shape index (κ1) is 15.7. The van der Waals surface area contributed by atoms with Gasteiger partial charge in [0, 0.05) is 18.3 Å². The summed E-state index contributed by atoms with van der Waals surface area (Å²) in [4.78, 5) is 20.9. The van der Waals surface area contributed by atoms with Gasteiger partial charge >= 0.3 is 0 Å². The first-order valence-electron chi connectivity index (χ1n) is 7.74.